The lowest BCUT2D eigenvalue weighted by molar-refractivity contribution is -0.100. The fraction of sp³-hybridized carbons (Fsp3) is 0.222. The minimum absolute atomic E-state index is 0.421. The molecular weight excluding hydrogens is 248 g/mol. The van der Waals surface area contributed by atoms with Gasteiger partial charge in [-0.1, -0.05) is 66.7 Å². The van der Waals surface area contributed by atoms with Gasteiger partial charge in [-0.2, -0.15) is 0 Å². The van der Waals surface area contributed by atoms with Crippen molar-refractivity contribution >= 4 is 0 Å². The van der Waals surface area contributed by atoms with Gasteiger partial charge in [0.05, 0.1) is 0 Å². The summed E-state index contributed by atoms with van der Waals surface area (Å²) < 4.78 is 5.61. The van der Waals surface area contributed by atoms with Crippen molar-refractivity contribution in [2.24, 2.45) is 0 Å². The number of hydrogen-bond donors (Lipinski definition) is 1. The van der Waals surface area contributed by atoms with Crippen molar-refractivity contribution in [3.05, 3.63) is 84.4 Å². The Balaban J connectivity index is 2.48. The monoisotopic (exact) mass is 268 g/mol. The highest BCUT2D eigenvalue weighted by Crippen LogP contribution is 2.40. The van der Waals surface area contributed by atoms with E-state index in [1.807, 2.05) is 60.7 Å². The van der Waals surface area contributed by atoms with Crippen LogP contribution in [0.15, 0.2) is 73.3 Å². The predicted molar refractivity (Wildman–Crippen MR) is 81.3 cm³/mol. The average Bonchev–Trinajstić information content (AvgIpc) is 2.50. The molecule has 0 radical (unpaired) electrons. The van der Waals surface area contributed by atoms with Crippen LogP contribution in [-0.2, 0) is 10.3 Å². The molecule has 0 aliphatic heterocycles. The Morgan fingerprint density at radius 3 is 2.15 bits per heavy atom. The van der Waals surface area contributed by atoms with Crippen molar-refractivity contribution in [2.45, 2.75) is 18.1 Å². The Labute approximate surface area is 120 Å². The molecule has 104 valence electrons. The van der Waals surface area contributed by atoms with Gasteiger partial charge in [0.25, 0.3) is 0 Å². The lowest BCUT2D eigenvalue weighted by Gasteiger charge is -2.35. The van der Waals surface area contributed by atoms with Crippen LogP contribution in [0.1, 0.15) is 23.7 Å². The van der Waals surface area contributed by atoms with Gasteiger partial charge in [-0.05, 0) is 11.1 Å². The number of rotatable bonds is 6. The normalized spacial score (nSPS) is 15.3. The molecule has 2 atom stereocenters. The van der Waals surface area contributed by atoms with Gasteiger partial charge in [-0.15, -0.1) is 6.58 Å². The molecule has 2 rings (SSSR count). The van der Waals surface area contributed by atoms with Crippen LogP contribution >= 0.6 is 0 Å². The summed E-state index contributed by atoms with van der Waals surface area (Å²) in [5.74, 6) is 0. The average molecular weight is 268 g/mol. The maximum Gasteiger partial charge on any atom is 0.123 e. The lowest BCUT2D eigenvalue weighted by Crippen LogP contribution is -2.34. The van der Waals surface area contributed by atoms with Crippen LogP contribution in [-0.4, -0.2) is 12.2 Å². The van der Waals surface area contributed by atoms with Crippen LogP contribution in [0, 0.1) is 0 Å². The predicted octanol–water partition coefficient (Wildman–Crippen LogP) is 3.84. The summed E-state index contributed by atoms with van der Waals surface area (Å²) in [6.45, 7) is 3.77. The molecule has 0 saturated heterocycles. The van der Waals surface area contributed by atoms with Gasteiger partial charge in [0.15, 0.2) is 0 Å². The van der Waals surface area contributed by atoms with E-state index in [9.17, 15) is 5.11 Å². The molecule has 2 aromatic carbocycles. The lowest BCUT2D eigenvalue weighted by atomic mass is 9.82. The zero-order valence-electron chi connectivity index (χ0n) is 11.7. The van der Waals surface area contributed by atoms with Crippen molar-refractivity contribution in [3.8, 4) is 0 Å². The zero-order valence-corrected chi connectivity index (χ0v) is 11.7. The summed E-state index contributed by atoms with van der Waals surface area (Å²) in [4.78, 5) is 0. The third kappa shape index (κ3) is 2.82. The summed E-state index contributed by atoms with van der Waals surface area (Å²) in [5.41, 5.74) is 0.651. The van der Waals surface area contributed by atoms with Crippen LogP contribution in [0.2, 0.25) is 0 Å². The third-order valence-electron chi connectivity index (χ3n) is 3.50. The highest BCUT2D eigenvalue weighted by Gasteiger charge is 2.38. The third-order valence-corrected chi connectivity index (χ3v) is 3.50. The second-order valence-electron chi connectivity index (χ2n) is 4.81. The molecule has 0 bridgehead atoms. The minimum Gasteiger partial charge on any atom is -0.382 e. The van der Waals surface area contributed by atoms with E-state index in [4.69, 9.17) is 4.74 Å². The van der Waals surface area contributed by atoms with E-state index in [-0.39, 0.29) is 0 Å². The maximum absolute atomic E-state index is 11.2. The largest absolute Gasteiger partial charge is 0.382 e. The van der Waals surface area contributed by atoms with E-state index in [1.54, 1.807) is 13.2 Å². The van der Waals surface area contributed by atoms with Crippen molar-refractivity contribution in [1.82, 2.24) is 0 Å². The van der Waals surface area contributed by atoms with Crippen molar-refractivity contribution in [2.75, 3.05) is 7.11 Å². The standard InChI is InChI=1S/C18H20O2/c1-3-14-18(19,16-12-8-5-9-13-16)17(20-2)15-10-6-4-7-11-15/h3-13,17,19H,1,14H2,2H3/t17-,18-/m0/s1. The van der Waals surface area contributed by atoms with Crippen LogP contribution in [0.4, 0.5) is 0 Å². The summed E-state index contributed by atoms with van der Waals surface area (Å²) in [6.07, 6.45) is 1.70. The summed E-state index contributed by atoms with van der Waals surface area (Å²) in [6, 6.07) is 19.4. The Bertz CT molecular complexity index is 536. The number of ether oxygens (including phenoxy) is 1. The van der Waals surface area contributed by atoms with Crippen LogP contribution in [0.25, 0.3) is 0 Å². The quantitative estimate of drug-likeness (QED) is 0.807. The Hall–Kier alpha value is -1.90. The van der Waals surface area contributed by atoms with Gasteiger partial charge >= 0.3 is 0 Å². The molecule has 2 heteroatoms. The molecule has 0 unspecified atom stereocenters. The summed E-state index contributed by atoms with van der Waals surface area (Å²) in [7, 11) is 1.62. The van der Waals surface area contributed by atoms with Crippen LogP contribution < -0.4 is 0 Å². The van der Waals surface area contributed by atoms with Gasteiger partial charge in [0, 0.05) is 13.5 Å². The number of aliphatic hydroxyl groups is 1. The van der Waals surface area contributed by atoms with E-state index in [0.29, 0.717) is 6.42 Å². The fourth-order valence-electron chi connectivity index (χ4n) is 2.56. The van der Waals surface area contributed by atoms with Gasteiger partial charge in [0.2, 0.25) is 0 Å². The highest BCUT2D eigenvalue weighted by atomic mass is 16.5. The first kappa shape index (κ1) is 14.5. The zero-order chi connectivity index (χ0) is 14.4. The second-order valence-corrected chi connectivity index (χ2v) is 4.81. The van der Waals surface area contributed by atoms with Crippen molar-refractivity contribution < 1.29 is 9.84 Å². The first-order chi connectivity index (χ1) is 9.72. The molecule has 2 nitrogen and oxygen atoms in total. The molecule has 0 heterocycles. The van der Waals surface area contributed by atoms with Gasteiger partial charge < -0.3 is 9.84 Å². The fourth-order valence-corrected chi connectivity index (χ4v) is 2.56. The maximum atomic E-state index is 11.2. The first-order valence-corrected chi connectivity index (χ1v) is 6.69. The van der Waals surface area contributed by atoms with Crippen molar-refractivity contribution in [3.63, 3.8) is 0 Å². The van der Waals surface area contributed by atoms with Crippen LogP contribution in [0.5, 0.6) is 0 Å². The molecule has 0 fully saturated rings. The second kappa shape index (κ2) is 6.51. The SMILES string of the molecule is C=CC[C@](O)(c1ccccc1)[C@@H](OC)c1ccccc1. The van der Waals surface area contributed by atoms with Gasteiger partial charge in [0.1, 0.15) is 11.7 Å². The number of hydrogen-bond acceptors (Lipinski definition) is 2. The van der Waals surface area contributed by atoms with E-state index >= 15 is 0 Å². The molecule has 20 heavy (non-hydrogen) atoms. The molecule has 0 amide bonds. The van der Waals surface area contributed by atoms with Crippen molar-refractivity contribution in [1.29, 1.82) is 0 Å². The molecular formula is C18H20O2. The van der Waals surface area contributed by atoms with E-state index in [2.05, 4.69) is 6.58 Å². The summed E-state index contributed by atoms with van der Waals surface area (Å²) >= 11 is 0. The van der Waals surface area contributed by atoms with E-state index in [1.165, 1.54) is 0 Å². The Morgan fingerprint density at radius 2 is 1.65 bits per heavy atom. The summed E-state index contributed by atoms with van der Waals surface area (Å²) in [5, 5.41) is 11.2. The number of benzene rings is 2. The van der Waals surface area contributed by atoms with Gasteiger partial charge in [-0.3, -0.25) is 0 Å². The Morgan fingerprint density at radius 1 is 1.10 bits per heavy atom. The smallest absolute Gasteiger partial charge is 0.123 e. The van der Waals surface area contributed by atoms with Crippen LogP contribution in [0.3, 0.4) is 0 Å². The molecule has 2 aromatic rings. The van der Waals surface area contributed by atoms with E-state index in [0.717, 1.165) is 11.1 Å². The van der Waals surface area contributed by atoms with Gasteiger partial charge in [-0.25, -0.2) is 0 Å². The molecule has 0 aliphatic rings. The Kier molecular flexibility index (Phi) is 4.72. The molecule has 0 saturated carbocycles. The minimum atomic E-state index is -1.13. The first-order valence-electron chi connectivity index (χ1n) is 6.69. The molecule has 0 aliphatic carbocycles. The van der Waals surface area contributed by atoms with E-state index < -0.39 is 11.7 Å². The molecule has 1 N–H and O–H groups in total. The highest BCUT2D eigenvalue weighted by molar-refractivity contribution is 5.30. The molecule has 0 aromatic heterocycles. The number of methoxy groups -OCH3 is 1. The molecule has 0 spiro atoms. The topological polar surface area (TPSA) is 29.5 Å².